The molecule has 0 aliphatic rings. The Morgan fingerprint density at radius 1 is 1.11 bits per heavy atom. The van der Waals surface area contributed by atoms with E-state index in [0.29, 0.717) is 5.02 Å². The van der Waals surface area contributed by atoms with Crippen LogP contribution in [0.5, 0.6) is 0 Å². The van der Waals surface area contributed by atoms with Crippen molar-refractivity contribution in [2.75, 3.05) is 6.26 Å². The number of fused-ring (bicyclic) bond motifs is 1. The number of benzene rings is 2. The molecule has 0 aliphatic heterocycles. The van der Waals surface area contributed by atoms with E-state index in [1.807, 2.05) is 36.4 Å². The van der Waals surface area contributed by atoms with Crippen LogP contribution >= 0.6 is 27.5 Å². The van der Waals surface area contributed by atoms with Gasteiger partial charge < -0.3 is 0 Å². The van der Waals surface area contributed by atoms with Crippen molar-refractivity contribution in [1.29, 1.82) is 0 Å². The largest absolute Gasteiger partial charge is 0.229 e. The SMILES string of the molecule is CC(C(Br)c1ccc(Cl)c2ccccc12)S(C)(=O)=O. The molecule has 2 rings (SSSR count). The predicted molar refractivity (Wildman–Crippen MR) is 84.9 cm³/mol. The Labute approximate surface area is 126 Å². The molecule has 0 saturated carbocycles. The first kappa shape index (κ1) is 14.8. The molecule has 0 aliphatic carbocycles. The molecule has 102 valence electrons. The van der Waals surface area contributed by atoms with Crippen LogP contribution in [0.4, 0.5) is 0 Å². The molecule has 0 fully saturated rings. The monoisotopic (exact) mass is 360 g/mol. The van der Waals surface area contributed by atoms with Crippen LogP contribution in [0.1, 0.15) is 17.3 Å². The van der Waals surface area contributed by atoms with Gasteiger partial charge in [0.1, 0.15) is 0 Å². The standard InChI is InChI=1S/C14H14BrClO2S/c1-9(19(2,17)18)14(15)12-7-8-13(16)11-6-4-3-5-10(11)12/h3-9,14H,1-2H3. The Bertz CT molecular complexity index is 712. The van der Waals surface area contributed by atoms with Gasteiger partial charge in [-0.1, -0.05) is 57.9 Å². The van der Waals surface area contributed by atoms with Crippen molar-refractivity contribution in [3.05, 3.63) is 47.0 Å². The highest BCUT2D eigenvalue weighted by atomic mass is 79.9. The lowest BCUT2D eigenvalue weighted by molar-refractivity contribution is 0.588. The quantitative estimate of drug-likeness (QED) is 0.761. The minimum Gasteiger partial charge on any atom is -0.229 e. The maximum atomic E-state index is 11.7. The molecule has 5 heteroatoms. The van der Waals surface area contributed by atoms with Crippen molar-refractivity contribution in [2.45, 2.75) is 17.0 Å². The first-order valence-electron chi connectivity index (χ1n) is 5.82. The normalized spacial score (nSPS) is 15.4. The molecule has 0 saturated heterocycles. The fraction of sp³-hybridized carbons (Fsp3) is 0.286. The fourth-order valence-electron chi connectivity index (χ4n) is 2.00. The van der Waals surface area contributed by atoms with E-state index in [0.717, 1.165) is 16.3 Å². The molecule has 2 atom stereocenters. The average molecular weight is 362 g/mol. The van der Waals surface area contributed by atoms with Gasteiger partial charge in [0.2, 0.25) is 0 Å². The molecular formula is C14H14BrClO2S. The van der Waals surface area contributed by atoms with Gasteiger partial charge >= 0.3 is 0 Å². The minimum absolute atomic E-state index is 0.260. The summed E-state index contributed by atoms with van der Waals surface area (Å²) in [5, 5.41) is 2.09. The number of rotatable bonds is 3. The van der Waals surface area contributed by atoms with Crippen LogP contribution in [0, 0.1) is 0 Å². The molecule has 2 aromatic rings. The average Bonchev–Trinajstić information content (AvgIpc) is 2.37. The number of halogens is 2. The van der Waals surface area contributed by atoms with Crippen LogP contribution < -0.4 is 0 Å². The second kappa shape index (κ2) is 5.43. The molecule has 0 bridgehead atoms. The van der Waals surface area contributed by atoms with Gasteiger partial charge in [0.25, 0.3) is 0 Å². The maximum Gasteiger partial charge on any atom is 0.151 e. The topological polar surface area (TPSA) is 34.1 Å². The van der Waals surface area contributed by atoms with Gasteiger partial charge in [-0.15, -0.1) is 0 Å². The van der Waals surface area contributed by atoms with Crippen LogP contribution in [0.15, 0.2) is 36.4 Å². The van der Waals surface area contributed by atoms with E-state index in [9.17, 15) is 8.42 Å². The Morgan fingerprint density at radius 3 is 2.26 bits per heavy atom. The van der Waals surface area contributed by atoms with Crippen LogP contribution in [-0.2, 0) is 9.84 Å². The molecule has 2 aromatic carbocycles. The Hall–Kier alpha value is -0.580. The van der Waals surface area contributed by atoms with Crippen molar-refractivity contribution in [3.8, 4) is 0 Å². The van der Waals surface area contributed by atoms with Gasteiger partial charge in [0.05, 0.1) is 10.1 Å². The van der Waals surface area contributed by atoms with E-state index in [-0.39, 0.29) is 4.83 Å². The van der Waals surface area contributed by atoms with Gasteiger partial charge in [-0.3, -0.25) is 0 Å². The molecule has 0 N–H and O–H groups in total. The number of hydrogen-bond donors (Lipinski definition) is 0. The second-order valence-corrected chi connectivity index (χ2v) is 8.41. The van der Waals surface area contributed by atoms with E-state index in [1.54, 1.807) is 6.92 Å². The van der Waals surface area contributed by atoms with Crippen LogP contribution in [0.2, 0.25) is 5.02 Å². The third-order valence-electron chi connectivity index (χ3n) is 3.29. The summed E-state index contributed by atoms with van der Waals surface area (Å²) in [5.41, 5.74) is 0.943. The summed E-state index contributed by atoms with van der Waals surface area (Å²) in [4.78, 5) is -0.260. The van der Waals surface area contributed by atoms with Crippen LogP contribution in [0.25, 0.3) is 10.8 Å². The van der Waals surface area contributed by atoms with Crippen molar-refractivity contribution >= 4 is 48.1 Å². The fourth-order valence-corrected chi connectivity index (χ4v) is 4.38. The van der Waals surface area contributed by atoms with Gasteiger partial charge in [-0.05, 0) is 23.9 Å². The van der Waals surface area contributed by atoms with Gasteiger partial charge in [0, 0.05) is 16.7 Å². The highest BCUT2D eigenvalue weighted by Crippen LogP contribution is 2.37. The van der Waals surface area contributed by atoms with Crippen molar-refractivity contribution in [1.82, 2.24) is 0 Å². The van der Waals surface area contributed by atoms with Crippen LogP contribution in [0.3, 0.4) is 0 Å². The lowest BCUT2D eigenvalue weighted by Crippen LogP contribution is -2.21. The zero-order valence-corrected chi connectivity index (χ0v) is 13.8. The highest BCUT2D eigenvalue weighted by molar-refractivity contribution is 9.09. The Balaban J connectivity index is 2.61. The molecule has 0 amide bonds. The molecule has 0 radical (unpaired) electrons. The summed E-state index contributed by atoms with van der Waals surface area (Å²) in [6, 6.07) is 11.4. The lowest BCUT2D eigenvalue weighted by atomic mass is 10.0. The smallest absolute Gasteiger partial charge is 0.151 e. The van der Waals surface area contributed by atoms with Crippen LogP contribution in [-0.4, -0.2) is 19.9 Å². The van der Waals surface area contributed by atoms with E-state index in [2.05, 4.69) is 15.9 Å². The van der Waals surface area contributed by atoms with Gasteiger partial charge in [-0.25, -0.2) is 8.42 Å². The number of hydrogen-bond acceptors (Lipinski definition) is 2. The number of sulfone groups is 1. The Kier molecular flexibility index (Phi) is 4.23. The minimum atomic E-state index is -3.11. The Morgan fingerprint density at radius 2 is 1.68 bits per heavy atom. The third-order valence-corrected chi connectivity index (χ3v) is 6.88. The van der Waals surface area contributed by atoms with E-state index < -0.39 is 15.1 Å². The highest BCUT2D eigenvalue weighted by Gasteiger charge is 2.26. The summed E-state index contributed by atoms with van der Waals surface area (Å²) >= 11 is 9.68. The summed E-state index contributed by atoms with van der Waals surface area (Å²) in [6.07, 6.45) is 1.25. The van der Waals surface area contributed by atoms with Gasteiger partial charge in [0.15, 0.2) is 9.84 Å². The third kappa shape index (κ3) is 2.96. The summed E-state index contributed by atoms with van der Waals surface area (Å²) < 4.78 is 23.4. The molecular weight excluding hydrogens is 348 g/mol. The zero-order valence-electron chi connectivity index (χ0n) is 10.6. The van der Waals surface area contributed by atoms with E-state index in [1.165, 1.54) is 6.26 Å². The summed E-state index contributed by atoms with van der Waals surface area (Å²) in [7, 11) is -3.11. The second-order valence-electron chi connectivity index (χ2n) is 4.62. The zero-order chi connectivity index (χ0) is 14.2. The summed E-state index contributed by atoms with van der Waals surface area (Å²) in [5.74, 6) is 0. The van der Waals surface area contributed by atoms with E-state index >= 15 is 0 Å². The van der Waals surface area contributed by atoms with Crippen molar-refractivity contribution < 1.29 is 8.42 Å². The first-order chi connectivity index (χ1) is 8.82. The summed E-state index contributed by atoms with van der Waals surface area (Å²) in [6.45, 7) is 1.71. The van der Waals surface area contributed by atoms with Crippen molar-refractivity contribution in [2.24, 2.45) is 0 Å². The molecule has 2 nitrogen and oxygen atoms in total. The van der Waals surface area contributed by atoms with Gasteiger partial charge in [-0.2, -0.15) is 0 Å². The molecule has 19 heavy (non-hydrogen) atoms. The molecule has 0 heterocycles. The van der Waals surface area contributed by atoms with Crippen molar-refractivity contribution in [3.63, 3.8) is 0 Å². The lowest BCUT2D eigenvalue weighted by Gasteiger charge is -2.19. The molecule has 0 spiro atoms. The predicted octanol–water partition coefficient (Wildman–Crippen LogP) is 4.36. The number of alkyl halides is 1. The maximum absolute atomic E-state index is 11.7. The molecule has 0 aromatic heterocycles. The first-order valence-corrected chi connectivity index (χ1v) is 9.07. The van der Waals surface area contributed by atoms with E-state index in [4.69, 9.17) is 11.6 Å². The molecule has 2 unspecified atom stereocenters.